The van der Waals surface area contributed by atoms with Crippen LogP contribution in [0.4, 0.5) is 0 Å². The fourth-order valence-electron chi connectivity index (χ4n) is 2.91. The van der Waals surface area contributed by atoms with Gasteiger partial charge in [0, 0.05) is 24.5 Å². The predicted octanol–water partition coefficient (Wildman–Crippen LogP) is 5.02. The third kappa shape index (κ3) is 6.20. The molecule has 3 rings (SSSR count). The lowest BCUT2D eigenvalue weighted by Gasteiger charge is -2.17. The lowest BCUT2D eigenvalue weighted by atomic mass is 10.2. The topological polar surface area (TPSA) is 58.6 Å². The molecule has 2 aromatic rings. The van der Waals surface area contributed by atoms with Crippen molar-refractivity contribution < 1.29 is 14.3 Å². The smallest absolute Gasteiger partial charge is 0.242 e. The number of carbonyl (C=O) groups is 2. The van der Waals surface area contributed by atoms with Crippen molar-refractivity contribution in [3.05, 3.63) is 59.1 Å². The molecule has 0 radical (unpaired) electrons. The predicted molar refractivity (Wildman–Crippen MR) is 125 cm³/mol. The Morgan fingerprint density at radius 1 is 1.17 bits per heavy atom. The van der Waals surface area contributed by atoms with Crippen LogP contribution < -0.4 is 10.1 Å². The maximum absolute atomic E-state index is 12.5. The van der Waals surface area contributed by atoms with Crippen LogP contribution in [0.2, 0.25) is 5.02 Å². The van der Waals surface area contributed by atoms with E-state index < -0.39 is 5.25 Å². The number of hydrogen-bond acceptors (Lipinski definition) is 5. The van der Waals surface area contributed by atoms with E-state index in [1.807, 2.05) is 38.1 Å². The molecule has 0 aromatic heterocycles. The lowest BCUT2D eigenvalue weighted by molar-refractivity contribution is -0.129. The number of nitrogens with zero attached hydrogens (tertiary/aromatic N) is 1. The maximum atomic E-state index is 12.5. The van der Waals surface area contributed by atoms with E-state index in [1.165, 1.54) is 11.8 Å². The molecule has 1 aliphatic heterocycles. The molecule has 2 amide bonds. The van der Waals surface area contributed by atoms with Crippen LogP contribution in [0.15, 0.2) is 48.5 Å². The average Bonchev–Trinajstić information content (AvgIpc) is 2.96. The third-order valence-electron chi connectivity index (χ3n) is 4.39. The number of amides is 2. The van der Waals surface area contributed by atoms with Gasteiger partial charge in [-0.15, -0.1) is 0 Å². The van der Waals surface area contributed by atoms with Gasteiger partial charge in [0.15, 0.2) is 0 Å². The highest BCUT2D eigenvalue weighted by molar-refractivity contribution is 8.24. The van der Waals surface area contributed by atoms with Crippen LogP contribution >= 0.6 is 35.6 Å². The second-order valence-electron chi connectivity index (χ2n) is 7.40. The zero-order valence-electron chi connectivity index (χ0n) is 16.8. The highest BCUT2D eigenvalue weighted by atomic mass is 35.5. The minimum Gasteiger partial charge on any atom is -0.457 e. The summed E-state index contributed by atoms with van der Waals surface area (Å²) in [5.74, 6) is 1.48. The highest BCUT2D eigenvalue weighted by Crippen LogP contribution is 2.30. The molecule has 30 heavy (non-hydrogen) atoms. The molecule has 1 atom stereocenters. The fraction of sp³-hybridized carbons (Fsp3) is 0.318. The van der Waals surface area contributed by atoms with E-state index in [0.29, 0.717) is 39.8 Å². The molecule has 1 fully saturated rings. The second-order valence-corrected chi connectivity index (χ2v) is 9.67. The summed E-state index contributed by atoms with van der Waals surface area (Å²) in [5, 5.41) is 3.09. The first-order valence-electron chi connectivity index (χ1n) is 9.63. The van der Waals surface area contributed by atoms with Crippen LogP contribution in [0.3, 0.4) is 0 Å². The number of nitrogens with one attached hydrogen (secondary N) is 1. The molecule has 1 heterocycles. The molecule has 1 N–H and O–H groups in total. The van der Waals surface area contributed by atoms with E-state index in [-0.39, 0.29) is 18.2 Å². The van der Waals surface area contributed by atoms with Gasteiger partial charge in [-0.05, 0) is 47.9 Å². The summed E-state index contributed by atoms with van der Waals surface area (Å²) in [4.78, 5) is 26.4. The van der Waals surface area contributed by atoms with Gasteiger partial charge in [-0.2, -0.15) is 0 Å². The summed E-state index contributed by atoms with van der Waals surface area (Å²) >= 11 is 12.5. The maximum Gasteiger partial charge on any atom is 0.242 e. The molecule has 5 nitrogen and oxygen atoms in total. The van der Waals surface area contributed by atoms with E-state index >= 15 is 0 Å². The Balaban J connectivity index is 1.47. The van der Waals surface area contributed by atoms with Gasteiger partial charge in [0.1, 0.15) is 15.8 Å². The van der Waals surface area contributed by atoms with E-state index in [0.717, 1.165) is 5.56 Å². The molecule has 2 aromatic carbocycles. The molecule has 1 saturated heterocycles. The van der Waals surface area contributed by atoms with Crippen molar-refractivity contribution in [1.82, 2.24) is 10.2 Å². The van der Waals surface area contributed by atoms with Gasteiger partial charge in [-0.1, -0.05) is 61.6 Å². The first-order valence-corrected chi connectivity index (χ1v) is 11.3. The zero-order valence-corrected chi connectivity index (χ0v) is 19.2. The summed E-state index contributed by atoms with van der Waals surface area (Å²) in [5.41, 5.74) is 0.939. The van der Waals surface area contributed by atoms with Gasteiger partial charge in [0.05, 0.1) is 5.25 Å². The average molecular weight is 463 g/mol. The Kier molecular flexibility index (Phi) is 7.75. The number of thioether (sulfide) groups is 1. The first kappa shape index (κ1) is 22.6. The van der Waals surface area contributed by atoms with Crippen molar-refractivity contribution in [3.8, 4) is 11.5 Å². The molecule has 8 heteroatoms. The Labute approximate surface area is 191 Å². The number of benzene rings is 2. The molecular formula is C22H23ClN2O3S2. The number of rotatable bonds is 8. The highest BCUT2D eigenvalue weighted by Gasteiger charge is 2.38. The molecule has 0 aliphatic carbocycles. The van der Waals surface area contributed by atoms with Gasteiger partial charge >= 0.3 is 0 Å². The monoisotopic (exact) mass is 462 g/mol. The van der Waals surface area contributed by atoms with Crippen molar-refractivity contribution in [2.45, 2.75) is 32.1 Å². The summed E-state index contributed by atoms with van der Waals surface area (Å²) in [7, 11) is 0. The SMILES string of the molecule is CC(C)CN1C(=O)C(CC(=O)NCc2ccc(Oc3ccc(Cl)cc3)cc2)SC1=S. The standard InChI is InChI=1S/C22H23ClN2O3S2/c1-14(2)13-25-21(27)19(30-22(25)29)11-20(26)24-12-15-3-7-17(8-4-15)28-18-9-5-16(23)6-10-18/h3-10,14,19H,11-13H2,1-2H3,(H,24,26). The number of hydrogen-bond donors (Lipinski definition) is 1. The first-order chi connectivity index (χ1) is 14.3. The molecular weight excluding hydrogens is 440 g/mol. The van der Waals surface area contributed by atoms with Crippen molar-refractivity contribution >= 4 is 51.7 Å². The summed E-state index contributed by atoms with van der Waals surface area (Å²) in [6.07, 6.45) is 0.121. The number of halogens is 1. The van der Waals surface area contributed by atoms with Crippen LogP contribution in [-0.4, -0.2) is 32.8 Å². The quantitative estimate of drug-likeness (QED) is 0.558. The van der Waals surface area contributed by atoms with Crippen LogP contribution in [0.25, 0.3) is 0 Å². The molecule has 158 valence electrons. The Hall–Kier alpha value is -2.09. The normalized spacial score (nSPS) is 16.3. The van der Waals surface area contributed by atoms with Crippen molar-refractivity contribution in [2.75, 3.05) is 6.54 Å². The minimum atomic E-state index is -0.439. The van der Waals surface area contributed by atoms with Gasteiger partial charge in [-0.25, -0.2) is 0 Å². The Morgan fingerprint density at radius 3 is 2.37 bits per heavy atom. The van der Waals surface area contributed by atoms with E-state index in [2.05, 4.69) is 5.32 Å². The van der Waals surface area contributed by atoms with Crippen molar-refractivity contribution in [1.29, 1.82) is 0 Å². The van der Waals surface area contributed by atoms with Gasteiger partial charge in [-0.3, -0.25) is 14.5 Å². The van der Waals surface area contributed by atoms with Crippen LogP contribution in [-0.2, 0) is 16.1 Å². The summed E-state index contributed by atoms with van der Waals surface area (Å²) in [6.45, 7) is 5.04. The molecule has 0 bridgehead atoms. The van der Waals surface area contributed by atoms with E-state index in [4.69, 9.17) is 28.6 Å². The van der Waals surface area contributed by atoms with Gasteiger partial charge in [0.2, 0.25) is 11.8 Å². The molecule has 1 unspecified atom stereocenters. The van der Waals surface area contributed by atoms with E-state index in [1.54, 1.807) is 29.2 Å². The fourth-order valence-corrected chi connectivity index (χ4v) is 4.55. The summed E-state index contributed by atoms with van der Waals surface area (Å²) in [6, 6.07) is 14.6. The molecule has 1 aliphatic rings. The van der Waals surface area contributed by atoms with Crippen LogP contribution in [0, 0.1) is 5.92 Å². The number of ether oxygens (including phenoxy) is 1. The van der Waals surface area contributed by atoms with Crippen LogP contribution in [0.1, 0.15) is 25.8 Å². The zero-order chi connectivity index (χ0) is 21.7. The lowest BCUT2D eigenvalue weighted by Crippen LogP contribution is -2.36. The van der Waals surface area contributed by atoms with Gasteiger partial charge < -0.3 is 10.1 Å². The largest absolute Gasteiger partial charge is 0.457 e. The number of carbonyl (C=O) groups excluding carboxylic acids is 2. The number of thiocarbonyl (C=S) groups is 1. The van der Waals surface area contributed by atoms with Crippen molar-refractivity contribution in [2.24, 2.45) is 5.92 Å². The van der Waals surface area contributed by atoms with Crippen LogP contribution in [0.5, 0.6) is 11.5 Å². The van der Waals surface area contributed by atoms with Crippen molar-refractivity contribution in [3.63, 3.8) is 0 Å². The molecule has 0 spiro atoms. The summed E-state index contributed by atoms with van der Waals surface area (Å²) < 4.78 is 6.32. The van der Waals surface area contributed by atoms with Gasteiger partial charge in [0.25, 0.3) is 0 Å². The second kappa shape index (κ2) is 10.3. The molecule has 0 saturated carbocycles. The van der Waals surface area contributed by atoms with E-state index in [9.17, 15) is 9.59 Å². The third-order valence-corrected chi connectivity index (χ3v) is 6.22. The Bertz CT molecular complexity index is 917. The Morgan fingerprint density at radius 2 is 1.77 bits per heavy atom. The minimum absolute atomic E-state index is 0.0717.